The lowest BCUT2D eigenvalue weighted by Crippen LogP contribution is -2.56. The second-order valence-corrected chi connectivity index (χ2v) is 9.15. The molecular formula is C23H25Cl2N3O3. The predicted octanol–water partition coefficient (Wildman–Crippen LogP) is 4.45. The number of rotatable bonds is 4. The van der Waals surface area contributed by atoms with Crippen molar-refractivity contribution in [2.75, 3.05) is 6.61 Å². The molecule has 1 spiro atoms. The Balaban J connectivity index is 1.60. The summed E-state index contributed by atoms with van der Waals surface area (Å²) in [6.45, 7) is 2.70. The quantitative estimate of drug-likeness (QED) is 0.729. The zero-order valence-electron chi connectivity index (χ0n) is 17.3. The van der Waals surface area contributed by atoms with Crippen LogP contribution in [0.4, 0.5) is 0 Å². The number of hydrogen-bond donors (Lipinski definition) is 1. The highest BCUT2D eigenvalue weighted by molar-refractivity contribution is 6.42. The van der Waals surface area contributed by atoms with Crippen LogP contribution in [0.1, 0.15) is 48.5 Å². The highest BCUT2D eigenvalue weighted by Crippen LogP contribution is 2.43. The lowest BCUT2D eigenvalue weighted by molar-refractivity contribution is -0.128. The van der Waals surface area contributed by atoms with Gasteiger partial charge in [0.05, 0.1) is 16.7 Å². The first-order valence-corrected chi connectivity index (χ1v) is 11.2. The topological polar surface area (TPSA) is 71.5 Å². The van der Waals surface area contributed by atoms with Crippen LogP contribution < -0.4 is 5.32 Å². The van der Waals surface area contributed by atoms with Crippen molar-refractivity contribution in [3.05, 3.63) is 63.9 Å². The molecule has 8 heteroatoms. The van der Waals surface area contributed by atoms with Gasteiger partial charge in [-0.2, -0.15) is 0 Å². The summed E-state index contributed by atoms with van der Waals surface area (Å²) < 4.78 is 6.20. The molecule has 2 aromatic rings. The maximum absolute atomic E-state index is 13.6. The fourth-order valence-corrected chi connectivity index (χ4v) is 4.66. The van der Waals surface area contributed by atoms with Gasteiger partial charge in [0.25, 0.3) is 5.91 Å². The number of nitrogens with zero attached hydrogens (tertiary/aromatic N) is 2. The Kier molecular flexibility index (Phi) is 6.51. The molecule has 0 bridgehead atoms. The van der Waals surface area contributed by atoms with E-state index in [4.69, 9.17) is 27.9 Å². The Bertz CT molecular complexity index is 962. The highest BCUT2D eigenvalue weighted by atomic mass is 35.5. The summed E-state index contributed by atoms with van der Waals surface area (Å²) in [5.74, 6) is 0.0505. The van der Waals surface area contributed by atoms with Crippen LogP contribution >= 0.6 is 23.2 Å². The summed E-state index contributed by atoms with van der Waals surface area (Å²) >= 11 is 12.2. The first-order chi connectivity index (χ1) is 14.9. The van der Waals surface area contributed by atoms with E-state index in [9.17, 15) is 9.59 Å². The van der Waals surface area contributed by atoms with E-state index >= 15 is 0 Å². The van der Waals surface area contributed by atoms with E-state index in [1.807, 2.05) is 12.1 Å². The molecule has 4 rings (SSSR count). The number of amides is 2. The van der Waals surface area contributed by atoms with Gasteiger partial charge < -0.3 is 10.1 Å². The summed E-state index contributed by atoms with van der Waals surface area (Å²) in [4.78, 5) is 32.4. The minimum atomic E-state index is -0.772. The maximum atomic E-state index is 13.6. The number of ether oxygens (including phenoxy) is 1. The molecule has 1 aliphatic heterocycles. The third-order valence-corrected chi connectivity index (χ3v) is 6.93. The Morgan fingerprint density at radius 2 is 2.00 bits per heavy atom. The smallest absolute Gasteiger partial charge is 0.256 e. The van der Waals surface area contributed by atoms with E-state index in [1.165, 1.54) is 0 Å². The van der Waals surface area contributed by atoms with Crippen LogP contribution in [0.5, 0.6) is 0 Å². The van der Waals surface area contributed by atoms with Gasteiger partial charge in [-0.05, 0) is 61.4 Å². The van der Waals surface area contributed by atoms with E-state index in [-0.39, 0.29) is 18.4 Å². The van der Waals surface area contributed by atoms with Crippen molar-refractivity contribution in [3.63, 3.8) is 0 Å². The molecule has 2 aliphatic rings. The summed E-state index contributed by atoms with van der Waals surface area (Å²) in [5, 5.41) is 3.61. The zero-order chi connectivity index (χ0) is 22.0. The number of aromatic nitrogens is 1. The van der Waals surface area contributed by atoms with E-state index in [1.54, 1.807) is 35.5 Å². The number of pyridine rings is 1. The fourth-order valence-electron chi connectivity index (χ4n) is 4.36. The second-order valence-electron chi connectivity index (χ2n) is 8.34. The van der Waals surface area contributed by atoms with Gasteiger partial charge in [-0.3, -0.25) is 19.5 Å². The van der Waals surface area contributed by atoms with Gasteiger partial charge in [0.2, 0.25) is 5.91 Å². The molecule has 6 nitrogen and oxygen atoms in total. The van der Waals surface area contributed by atoms with Gasteiger partial charge in [-0.25, -0.2) is 0 Å². The summed E-state index contributed by atoms with van der Waals surface area (Å²) in [7, 11) is 0. The number of halogens is 2. The SMILES string of the molecule is CC1CCC2(CC1)OC[C@H](C(=O)NCc1cccnc1)N2C(=O)c1ccc(Cl)c(Cl)c1. The molecule has 1 aliphatic carbocycles. The molecule has 0 radical (unpaired) electrons. The fraction of sp³-hybridized carbons (Fsp3) is 0.435. The van der Waals surface area contributed by atoms with Crippen LogP contribution in [0.3, 0.4) is 0 Å². The van der Waals surface area contributed by atoms with Gasteiger partial charge in [0.15, 0.2) is 0 Å². The minimum Gasteiger partial charge on any atom is -0.353 e. The van der Waals surface area contributed by atoms with Crippen LogP contribution in [-0.4, -0.2) is 40.1 Å². The monoisotopic (exact) mass is 461 g/mol. The largest absolute Gasteiger partial charge is 0.353 e. The minimum absolute atomic E-state index is 0.167. The normalized spacial score (nSPS) is 25.6. The van der Waals surface area contributed by atoms with Crippen LogP contribution in [-0.2, 0) is 16.1 Å². The molecule has 0 unspecified atom stereocenters. The lowest BCUT2D eigenvalue weighted by Gasteiger charge is -2.43. The first kappa shape index (κ1) is 22.1. The van der Waals surface area contributed by atoms with Gasteiger partial charge >= 0.3 is 0 Å². The third-order valence-electron chi connectivity index (χ3n) is 6.19. The van der Waals surface area contributed by atoms with Crippen molar-refractivity contribution in [2.24, 2.45) is 5.92 Å². The molecule has 164 valence electrons. The molecule has 1 N–H and O–H groups in total. The lowest BCUT2D eigenvalue weighted by atomic mass is 9.83. The molecule has 2 amide bonds. The molecule has 1 aromatic heterocycles. The third kappa shape index (κ3) is 4.56. The molecule has 31 heavy (non-hydrogen) atoms. The van der Waals surface area contributed by atoms with E-state index < -0.39 is 11.8 Å². The number of hydrogen-bond acceptors (Lipinski definition) is 4. The number of carbonyl (C=O) groups is 2. The van der Waals surface area contributed by atoms with Gasteiger partial charge in [-0.15, -0.1) is 0 Å². The van der Waals surface area contributed by atoms with Gasteiger partial charge in [0.1, 0.15) is 11.8 Å². The van der Waals surface area contributed by atoms with Crippen molar-refractivity contribution in [2.45, 2.75) is 50.9 Å². The van der Waals surface area contributed by atoms with Gasteiger partial charge in [0, 0.05) is 24.5 Å². The summed E-state index contributed by atoms with van der Waals surface area (Å²) in [5.41, 5.74) is 0.507. The van der Waals surface area contributed by atoms with Crippen molar-refractivity contribution < 1.29 is 14.3 Å². The molecule has 2 fully saturated rings. The second kappa shape index (κ2) is 9.15. The van der Waals surface area contributed by atoms with Crippen LogP contribution in [0.2, 0.25) is 10.0 Å². The van der Waals surface area contributed by atoms with Crippen molar-refractivity contribution in [1.29, 1.82) is 0 Å². The molecule has 1 saturated heterocycles. The van der Waals surface area contributed by atoms with E-state index in [0.29, 0.717) is 40.9 Å². The Morgan fingerprint density at radius 1 is 1.23 bits per heavy atom. The molecule has 2 heterocycles. The Hall–Kier alpha value is -2.15. The van der Waals surface area contributed by atoms with Crippen molar-refractivity contribution >= 4 is 35.0 Å². The average molecular weight is 462 g/mol. The Morgan fingerprint density at radius 3 is 2.68 bits per heavy atom. The summed E-state index contributed by atoms with van der Waals surface area (Å²) in [6, 6.07) is 7.78. The molecule has 1 saturated carbocycles. The molecule has 1 atom stereocenters. The standard InChI is InChI=1S/C23H25Cl2N3O3/c1-15-6-8-23(9-7-15)28(22(30)17-4-5-18(24)19(25)11-17)20(14-31-23)21(29)27-13-16-3-2-10-26-12-16/h2-5,10-12,15,20H,6-9,13-14H2,1H3,(H,27,29)/t15?,20-,23?/m1/s1. The van der Waals surface area contributed by atoms with E-state index in [2.05, 4.69) is 17.2 Å². The van der Waals surface area contributed by atoms with Crippen LogP contribution in [0.15, 0.2) is 42.7 Å². The van der Waals surface area contributed by atoms with E-state index in [0.717, 1.165) is 18.4 Å². The van der Waals surface area contributed by atoms with Crippen molar-refractivity contribution in [1.82, 2.24) is 15.2 Å². The Labute approximate surface area is 191 Å². The van der Waals surface area contributed by atoms with Gasteiger partial charge in [-0.1, -0.05) is 36.2 Å². The van der Waals surface area contributed by atoms with Crippen LogP contribution in [0, 0.1) is 5.92 Å². The zero-order valence-corrected chi connectivity index (χ0v) is 18.8. The van der Waals surface area contributed by atoms with Crippen LogP contribution in [0.25, 0.3) is 0 Å². The molecular weight excluding hydrogens is 437 g/mol. The molecule has 1 aromatic carbocycles. The highest BCUT2D eigenvalue weighted by Gasteiger charge is 2.53. The first-order valence-electron chi connectivity index (χ1n) is 10.5. The predicted molar refractivity (Wildman–Crippen MR) is 119 cm³/mol. The summed E-state index contributed by atoms with van der Waals surface area (Å²) in [6.07, 6.45) is 6.67. The number of carbonyl (C=O) groups excluding carboxylic acids is 2. The number of benzene rings is 1. The van der Waals surface area contributed by atoms with Crippen molar-refractivity contribution in [3.8, 4) is 0 Å². The average Bonchev–Trinajstić information content (AvgIpc) is 3.15. The number of nitrogens with one attached hydrogen (secondary N) is 1. The maximum Gasteiger partial charge on any atom is 0.256 e.